The van der Waals surface area contributed by atoms with Crippen LogP contribution in [-0.2, 0) is 19.1 Å². The second-order valence-electron chi connectivity index (χ2n) is 6.81. The van der Waals surface area contributed by atoms with Crippen LogP contribution in [0.1, 0.15) is 38.7 Å². The quantitative estimate of drug-likeness (QED) is 0.700. The van der Waals surface area contributed by atoms with E-state index >= 15 is 0 Å². The highest BCUT2D eigenvalue weighted by atomic mass is 19.4. The number of aryl methyl sites for hydroxylation is 2. The Hall–Kier alpha value is -3.30. The molecule has 0 aliphatic carbocycles. The van der Waals surface area contributed by atoms with Gasteiger partial charge in [0, 0.05) is 18.7 Å². The van der Waals surface area contributed by atoms with E-state index in [0.29, 0.717) is 41.3 Å². The van der Waals surface area contributed by atoms with Crippen molar-refractivity contribution in [3.05, 3.63) is 58.2 Å². The fourth-order valence-corrected chi connectivity index (χ4v) is 3.34. The van der Waals surface area contributed by atoms with Gasteiger partial charge in [0.2, 0.25) is 0 Å². The normalized spacial score (nSPS) is 14.0. The molecule has 3 heterocycles. The lowest BCUT2D eigenvalue weighted by Gasteiger charge is -2.26. The summed E-state index contributed by atoms with van der Waals surface area (Å²) in [6.07, 6.45) is -4.00. The van der Waals surface area contributed by atoms with Crippen LogP contribution in [0.25, 0.3) is 0 Å². The van der Waals surface area contributed by atoms with Crippen molar-refractivity contribution in [2.75, 3.05) is 11.9 Å². The summed E-state index contributed by atoms with van der Waals surface area (Å²) in [7, 11) is 0. The monoisotopic (exact) mass is 406 g/mol. The first kappa shape index (κ1) is 19.0. The predicted octanol–water partition coefficient (Wildman–Crippen LogP) is 4.24. The summed E-state index contributed by atoms with van der Waals surface area (Å²) in [6, 6.07) is 4.81. The fraction of sp³-hybridized carbons (Fsp3) is 0.316. The lowest BCUT2D eigenvalue weighted by atomic mass is 10.1. The molecule has 1 aromatic carbocycles. The topological polar surface area (TPSA) is 84.4 Å². The molecule has 3 aromatic rings. The molecule has 2 aromatic heterocycles. The number of benzene rings is 1. The minimum atomic E-state index is -4.45. The standard InChI is InChI=1S/C19H17F3N4O3/c1-10-16(11(2)28-24-10)18(27)26-7-6-15-14(9-26)17(25-29-15)23-13-5-3-4-12(8-13)19(20,21)22/h3-5,8H,6-7,9H2,1-2H3,(H,23,25). The van der Waals surface area contributed by atoms with Crippen molar-refractivity contribution in [3.63, 3.8) is 0 Å². The van der Waals surface area contributed by atoms with E-state index in [1.807, 2.05) is 0 Å². The van der Waals surface area contributed by atoms with E-state index in [4.69, 9.17) is 9.05 Å². The van der Waals surface area contributed by atoms with Crippen molar-refractivity contribution in [2.24, 2.45) is 0 Å². The van der Waals surface area contributed by atoms with E-state index in [-0.39, 0.29) is 24.0 Å². The number of amides is 1. The molecule has 0 saturated carbocycles. The zero-order valence-corrected chi connectivity index (χ0v) is 15.6. The number of carbonyl (C=O) groups excluding carboxylic acids is 1. The molecule has 0 radical (unpaired) electrons. The highest BCUT2D eigenvalue weighted by molar-refractivity contribution is 5.96. The third kappa shape index (κ3) is 3.57. The molecule has 0 spiro atoms. The van der Waals surface area contributed by atoms with Gasteiger partial charge in [0.1, 0.15) is 17.1 Å². The van der Waals surface area contributed by atoms with Gasteiger partial charge in [0.05, 0.1) is 23.4 Å². The maximum Gasteiger partial charge on any atom is 0.416 e. The van der Waals surface area contributed by atoms with Gasteiger partial charge in [0.25, 0.3) is 5.91 Å². The number of carbonyl (C=O) groups is 1. The van der Waals surface area contributed by atoms with Gasteiger partial charge in [-0.25, -0.2) is 0 Å². The number of anilines is 2. The SMILES string of the molecule is Cc1noc(C)c1C(=O)N1CCc2onc(Nc3cccc(C(F)(F)F)c3)c2C1. The first-order valence-corrected chi connectivity index (χ1v) is 8.88. The van der Waals surface area contributed by atoms with Crippen molar-refractivity contribution in [3.8, 4) is 0 Å². The van der Waals surface area contributed by atoms with Gasteiger partial charge in [-0.15, -0.1) is 0 Å². The number of nitrogens with zero attached hydrogens (tertiary/aromatic N) is 3. The summed E-state index contributed by atoms with van der Waals surface area (Å²) < 4.78 is 49.2. The molecule has 0 fully saturated rings. The number of aromatic nitrogens is 2. The van der Waals surface area contributed by atoms with E-state index in [0.717, 1.165) is 12.1 Å². The Morgan fingerprint density at radius 3 is 2.69 bits per heavy atom. The zero-order valence-electron chi connectivity index (χ0n) is 15.6. The lowest BCUT2D eigenvalue weighted by Crippen LogP contribution is -2.36. The van der Waals surface area contributed by atoms with Crippen molar-refractivity contribution in [1.82, 2.24) is 15.2 Å². The maximum absolute atomic E-state index is 12.9. The van der Waals surface area contributed by atoms with Crippen LogP contribution in [0.4, 0.5) is 24.7 Å². The second-order valence-corrected chi connectivity index (χ2v) is 6.81. The van der Waals surface area contributed by atoms with E-state index in [1.54, 1.807) is 18.7 Å². The minimum absolute atomic E-state index is 0.211. The molecule has 1 amide bonds. The average Bonchev–Trinajstić information content (AvgIpc) is 3.23. The van der Waals surface area contributed by atoms with E-state index < -0.39 is 11.7 Å². The Balaban J connectivity index is 1.57. The van der Waals surface area contributed by atoms with Gasteiger partial charge < -0.3 is 19.3 Å². The average molecular weight is 406 g/mol. The van der Waals surface area contributed by atoms with Gasteiger partial charge in [-0.3, -0.25) is 4.79 Å². The number of alkyl halides is 3. The molecule has 4 rings (SSSR count). The number of halogens is 3. The van der Waals surface area contributed by atoms with Crippen LogP contribution < -0.4 is 5.32 Å². The molecule has 10 heteroatoms. The molecule has 29 heavy (non-hydrogen) atoms. The smallest absolute Gasteiger partial charge is 0.361 e. The lowest BCUT2D eigenvalue weighted by molar-refractivity contribution is -0.137. The first-order chi connectivity index (χ1) is 13.7. The molecule has 0 atom stereocenters. The van der Waals surface area contributed by atoms with Crippen molar-refractivity contribution >= 4 is 17.4 Å². The maximum atomic E-state index is 12.9. The second kappa shape index (κ2) is 6.94. The van der Waals surface area contributed by atoms with Gasteiger partial charge in [0.15, 0.2) is 5.82 Å². The Labute approximate surface area is 163 Å². The van der Waals surface area contributed by atoms with Crippen molar-refractivity contribution in [2.45, 2.75) is 33.0 Å². The third-order valence-electron chi connectivity index (χ3n) is 4.81. The largest absolute Gasteiger partial charge is 0.416 e. The third-order valence-corrected chi connectivity index (χ3v) is 4.81. The molecule has 7 nitrogen and oxygen atoms in total. The number of rotatable bonds is 3. The van der Waals surface area contributed by atoms with Crippen molar-refractivity contribution in [1.29, 1.82) is 0 Å². The molecule has 0 bridgehead atoms. The van der Waals surface area contributed by atoms with Crippen LogP contribution in [0, 0.1) is 13.8 Å². The van der Waals surface area contributed by atoms with Gasteiger partial charge >= 0.3 is 6.18 Å². The van der Waals surface area contributed by atoms with Crippen LogP contribution >= 0.6 is 0 Å². The van der Waals surface area contributed by atoms with E-state index in [9.17, 15) is 18.0 Å². The summed E-state index contributed by atoms with van der Waals surface area (Å²) in [5.41, 5.74) is 1.01. The number of hydrogen-bond donors (Lipinski definition) is 1. The summed E-state index contributed by atoms with van der Waals surface area (Å²) in [4.78, 5) is 14.5. The zero-order chi connectivity index (χ0) is 20.8. The minimum Gasteiger partial charge on any atom is -0.361 e. The highest BCUT2D eigenvalue weighted by Gasteiger charge is 2.32. The number of hydrogen-bond acceptors (Lipinski definition) is 6. The summed E-state index contributed by atoms with van der Waals surface area (Å²) in [5, 5.41) is 10.6. The summed E-state index contributed by atoms with van der Waals surface area (Å²) in [5.74, 6) is 1.10. The molecular formula is C19H17F3N4O3. The van der Waals surface area contributed by atoms with Crippen molar-refractivity contribution < 1.29 is 27.0 Å². The Morgan fingerprint density at radius 1 is 1.21 bits per heavy atom. The molecule has 1 aliphatic heterocycles. The molecule has 1 N–H and O–H groups in total. The molecular weight excluding hydrogens is 389 g/mol. The Morgan fingerprint density at radius 2 is 2.00 bits per heavy atom. The number of nitrogens with one attached hydrogen (secondary N) is 1. The van der Waals surface area contributed by atoms with Crippen LogP contribution in [0.2, 0.25) is 0 Å². The molecule has 1 aliphatic rings. The number of fused-ring (bicyclic) bond motifs is 1. The Bertz CT molecular complexity index is 1050. The van der Waals surface area contributed by atoms with Gasteiger partial charge in [-0.1, -0.05) is 16.4 Å². The van der Waals surface area contributed by atoms with Gasteiger partial charge in [-0.05, 0) is 32.0 Å². The molecule has 152 valence electrons. The van der Waals surface area contributed by atoms with Crippen LogP contribution in [0.15, 0.2) is 33.3 Å². The fourth-order valence-electron chi connectivity index (χ4n) is 3.34. The van der Waals surface area contributed by atoms with Crippen LogP contribution in [-0.4, -0.2) is 27.7 Å². The summed E-state index contributed by atoms with van der Waals surface area (Å²) >= 11 is 0. The Kier molecular flexibility index (Phi) is 4.56. The summed E-state index contributed by atoms with van der Waals surface area (Å²) in [6.45, 7) is 4.00. The molecule has 0 unspecified atom stereocenters. The van der Waals surface area contributed by atoms with Crippen LogP contribution in [0.5, 0.6) is 0 Å². The van der Waals surface area contributed by atoms with E-state index in [2.05, 4.69) is 15.6 Å². The van der Waals surface area contributed by atoms with E-state index in [1.165, 1.54) is 12.1 Å². The highest BCUT2D eigenvalue weighted by Crippen LogP contribution is 2.33. The predicted molar refractivity (Wildman–Crippen MR) is 95.7 cm³/mol. The van der Waals surface area contributed by atoms with Crippen LogP contribution in [0.3, 0.4) is 0 Å². The van der Waals surface area contributed by atoms with Gasteiger partial charge in [-0.2, -0.15) is 13.2 Å². The molecule has 0 saturated heterocycles. The first-order valence-electron chi connectivity index (χ1n) is 8.88.